The maximum Gasteiger partial charge on any atom is 0.173 e. The lowest BCUT2D eigenvalue weighted by atomic mass is 10.1. The number of rotatable bonds is 4. The third-order valence-electron chi connectivity index (χ3n) is 3.86. The van der Waals surface area contributed by atoms with Crippen molar-refractivity contribution in [2.45, 2.75) is 4.90 Å². The lowest BCUT2D eigenvalue weighted by molar-refractivity contribution is 0.102. The van der Waals surface area contributed by atoms with Gasteiger partial charge in [-0.2, -0.15) is 0 Å². The molecule has 0 amide bonds. The van der Waals surface area contributed by atoms with Gasteiger partial charge >= 0.3 is 0 Å². The molecule has 2 heterocycles. The number of ketones is 1. The Bertz CT molecular complexity index is 1040. The van der Waals surface area contributed by atoms with Crippen LogP contribution >= 0.6 is 23.4 Å². The van der Waals surface area contributed by atoms with Gasteiger partial charge in [-0.15, -0.1) is 11.8 Å². The zero-order valence-corrected chi connectivity index (χ0v) is 14.2. The van der Waals surface area contributed by atoms with Gasteiger partial charge in [0.05, 0.1) is 5.75 Å². The molecule has 0 saturated heterocycles. The van der Waals surface area contributed by atoms with Crippen molar-refractivity contribution < 1.29 is 4.79 Å². The number of pyridine rings is 1. The van der Waals surface area contributed by atoms with Crippen molar-refractivity contribution in [3.63, 3.8) is 0 Å². The lowest BCUT2D eigenvalue weighted by Crippen LogP contribution is -2.01. The normalized spacial score (nSPS) is 11.2. The monoisotopic (exact) mass is 352 g/mol. The Morgan fingerprint density at radius 2 is 1.88 bits per heavy atom. The Labute approximate surface area is 148 Å². The molecular weight excluding hydrogens is 340 g/mol. The smallest absolute Gasteiger partial charge is 0.173 e. The van der Waals surface area contributed by atoms with Gasteiger partial charge in [0.2, 0.25) is 0 Å². The first kappa shape index (κ1) is 15.2. The molecule has 2 aromatic carbocycles. The van der Waals surface area contributed by atoms with E-state index in [1.807, 2.05) is 54.6 Å². The van der Waals surface area contributed by atoms with E-state index in [1.54, 1.807) is 17.8 Å². The van der Waals surface area contributed by atoms with Gasteiger partial charge < -0.3 is 4.98 Å². The average Bonchev–Trinajstić information content (AvgIpc) is 2.97. The molecule has 0 bridgehead atoms. The van der Waals surface area contributed by atoms with E-state index in [1.165, 1.54) is 0 Å². The highest BCUT2D eigenvalue weighted by Gasteiger charge is 2.11. The number of halogens is 1. The number of hydrogen-bond donors (Lipinski definition) is 1. The number of fused-ring (bicyclic) bond motifs is 3. The Morgan fingerprint density at radius 3 is 2.71 bits per heavy atom. The van der Waals surface area contributed by atoms with Crippen LogP contribution in [-0.2, 0) is 0 Å². The largest absolute Gasteiger partial charge is 0.339 e. The number of hydrogen-bond acceptors (Lipinski definition) is 3. The topological polar surface area (TPSA) is 45.8 Å². The van der Waals surface area contributed by atoms with Crippen LogP contribution < -0.4 is 0 Å². The minimum atomic E-state index is 0.113. The molecule has 0 aliphatic heterocycles. The zero-order chi connectivity index (χ0) is 16.5. The first-order chi connectivity index (χ1) is 11.7. The van der Waals surface area contributed by atoms with Crippen LogP contribution in [0.1, 0.15) is 10.4 Å². The van der Waals surface area contributed by atoms with Gasteiger partial charge in [-0.05, 0) is 42.5 Å². The van der Waals surface area contributed by atoms with Crippen LogP contribution in [0, 0.1) is 0 Å². The second-order valence-electron chi connectivity index (χ2n) is 5.44. The van der Waals surface area contributed by atoms with Crippen molar-refractivity contribution in [1.82, 2.24) is 9.97 Å². The summed E-state index contributed by atoms with van der Waals surface area (Å²) in [5.74, 6) is 0.532. The fraction of sp³-hybridized carbons (Fsp3) is 0.0526. The second-order valence-corrected chi connectivity index (χ2v) is 6.88. The summed E-state index contributed by atoms with van der Waals surface area (Å²) in [7, 11) is 0. The fourth-order valence-corrected chi connectivity index (χ4v) is 3.64. The molecule has 1 N–H and O–H groups in total. The summed E-state index contributed by atoms with van der Waals surface area (Å²) in [6.45, 7) is 0. The molecule has 0 unspecified atom stereocenters. The molecule has 0 atom stereocenters. The Hall–Kier alpha value is -2.30. The molecule has 24 heavy (non-hydrogen) atoms. The summed E-state index contributed by atoms with van der Waals surface area (Å²) in [6, 6.07) is 19.3. The second kappa shape index (κ2) is 6.30. The third-order valence-corrected chi connectivity index (χ3v) is 5.08. The molecule has 0 aliphatic rings. The molecule has 3 nitrogen and oxygen atoms in total. The summed E-state index contributed by atoms with van der Waals surface area (Å²) < 4.78 is 0. The van der Waals surface area contributed by atoms with E-state index in [0.717, 1.165) is 26.8 Å². The van der Waals surface area contributed by atoms with Crippen LogP contribution in [0.4, 0.5) is 0 Å². The predicted molar refractivity (Wildman–Crippen MR) is 100 cm³/mol. The lowest BCUT2D eigenvalue weighted by Gasteiger charge is -2.02. The van der Waals surface area contributed by atoms with Crippen molar-refractivity contribution in [3.05, 3.63) is 71.4 Å². The zero-order valence-electron chi connectivity index (χ0n) is 12.6. The van der Waals surface area contributed by atoms with E-state index in [2.05, 4.69) is 9.97 Å². The maximum absolute atomic E-state index is 12.5. The van der Waals surface area contributed by atoms with E-state index >= 15 is 0 Å². The first-order valence-corrected chi connectivity index (χ1v) is 8.86. The van der Waals surface area contributed by atoms with Crippen molar-refractivity contribution in [1.29, 1.82) is 0 Å². The van der Waals surface area contributed by atoms with Gasteiger partial charge in [-0.25, -0.2) is 4.98 Å². The SMILES string of the molecule is O=C(CSc1ccccc1)c1ccc2[nH]c3nc(Cl)ccc3c2c1. The number of carbonyl (C=O) groups excluding carboxylic acids is 1. The molecule has 0 saturated carbocycles. The van der Waals surface area contributed by atoms with E-state index < -0.39 is 0 Å². The van der Waals surface area contributed by atoms with Crippen molar-refractivity contribution in [2.75, 3.05) is 5.75 Å². The number of nitrogens with one attached hydrogen (secondary N) is 1. The quantitative estimate of drug-likeness (QED) is 0.306. The number of H-pyrrole nitrogens is 1. The van der Waals surface area contributed by atoms with Gasteiger partial charge in [0, 0.05) is 26.7 Å². The van der Waals surface area contributed by atoms with Gasteiger partial charge in [0.1, 0.15) is 10.8 Å². The van der Waals surface area contributed by atoms with Crippen molar-refractivity contribution >= 4 is 51.1 Å². The highest BCUT2D eigenvalue weighted by molar-refractivity contribution is 8.00. The first-order valence-electron chi connectivity index (χ1n) is 7.50. The third kappa shape index (κ3) is 2.90. The Morgan fingerprint density at radius 1 is 1.04 bits per heavy atom. The average molecular weight is 353 g/mol. The van der Waals surface area contributed by atoms with Crippen molar-refractivity contribution in [2.24, 2.45) is 0 Å². The Kier molecular flexibility index (Phi) is 4.00. The summed E-state index contributed by atoms with van der Waals surface area (Å²) in [6.07, 6.45) is 0. The van der Waals surface area contributed by atoms with E-state index in [9.17, 15) is 4.79 Å². The van der Waals surface area contributed by atoms with E-state index in [0.29, 0.717) is 16.5 Å². The molecule has 0 spiro atoms. The minimum Gasteiger partial charge on any atom is -0.339 e. The van der Waals surface area contributed by atoms with Crippen LogP contribution in [0.2, 0.25) is 5.15 Å². The molecule has 5 heteroatoms. The van der Waals surface area contributed by atoms with Crippen molar-refractivity contribution in [3.8, 4) is 0 Å². The molecule has 0 aliphatic carbocycles. The molecule has 118 valence electrons. The van der Waals surface area contributed by atoms with Gasteiger partial charge in [0.25, 0.3) is 0 Å². The van der Waals surface area contributed by atoms with Crippen LogP contribution in [0.25, 0.3) is 21.9 Å². The summed E-state index contributed by atoms with van der Waals surface area (Å²) in [5.41, 5.74) is 2.40. The van der Waals surface area contributed by atoms with Gasteiger partial charge in [-0.3, -0.25) is 4.79 Å². The number of Topliss-reactive ketones (excluding diaryl/α,β-unsaturated/α-hetero) is 1. The number of aromatic amines is 1. The molecule has 4 aromatic rings. The van der Waals surface area contributed by atoms with Gasteiger partial charge in [0.15, 0.2) is 5.78 Å². The molecular formula is C19H13ClN2OS. The van der Waals surface area contributed by atoms with E-state index in [-0.39, 0.29) is 5.78 Å². The number of benzene rings is 2. The van der Waals surface area contributed by atoms with Crippen LogP contribution in [0.3, 0.4) is 0 Å². The number of aromatic nitrogens is 2. The predicted octanol–water partition coefficient (Wildman–Crippen LogP) is 5.34. The fourth-order valence-electron chi connectivity index (χ4n) is 2.67. The van der Waals surface area contributed by atoms with E-state index in [4.69, 9.17) is 11.6 Å². The summed E-state index contributed by atoms with van der Waals surface area (Å²) in [4.78, 5) is 21.1. The highest BCUT2D eigenvalue weighted by Crippen LogP contribution is 2.27. The summed E-state index contributed by atoms with van der Waals surface area (Å²) >= 11 is 7.49. The number of nitrogens with zero attached hydrogens (tertiary/aromatic N) is 1. The Balaban J connectivity index is 1.64. The molecule has 2 aromatic heterocycles. The standard InChI is InChI=1S/C19H13ClN2OS/c20-18-9-7-14-15-10-12(6-8-16(15)21-19(14)22-18)17(23)11-24-13-4-2-1-3-5-13/h1-10H,11H2,(H,21,22). The minimum absolute atomic E-state index is 0.113. The highest BCUT2D eigenvalue weighted by atomic mass is 35.5. The number of carbonyl (C=O) groups is 1. The molecule has 0 radical (unpaired) electrons. The van der Waals surface area contributed by atoms with Crippen LogP contribution in [-0.4, -0.2) is 21.5 Å². The maximum atomic E-state index is 12.5. The summed E-state index contributed by atoms with van der Waals surface area (Å²) in [5, 5.41) is 2.41. The van der Waals surface area contributed by atoms with Gasteiger partial charge in [-0.1, -0.05) is 29.8 Å². The number of thioether (sulfide) groups is 1. The molecule has 4 rings (SSSR count). The van der Waals surface area contributed by atoms with Crippen LogP contribution in [0.15, 0.2) is 65.6 Å². The van der Waals surface area contributed by atoms with Crippen LogP contribution in [0.5, 0.6) is 0 Å². The molecule has 0 fully saturated rings.